The number of hydrogen-bond acceptors (Lipinski definition) is 5. The van der Waals surface area contributed by atoms with Gasteiger partial charge in [-0.25, -0.2) is 0 Å². The van der Waals surface area contributed by atoms with Gasteiger partial charge in [0.15, 0.2) is 5.76 Å². The van der Waals surface area contributed by atoms with E-state index in [-0.39, 0.29) is 22.8 Å². The van der Waals surface area contributed by atoms with Gasteiger partial charge in [0.05, 0.1) is 0 Å². The SMILES string of the molecule is C=CC(=O)Nc1ccc(Nc2c(C)cccc2C)c(-c2cn(C)c(=O)c3oc(C(=O)NCC)cc23)c1. The van der Waals surface area contributed by atoms with Crippen LogP contribution in [0.2, 0.25) is 0 Å². The van der Waals surface area contributed by atoms with E-state index in [1.807, 2.05) is 44.2 Å². The Labute approximate surface area is 208 Å². The Kier molecular flexibility index (Phi) is 6.78. The van der Waals surface area contributed by atoms with Gasteiger partial charge in [-0.15, -0.1) is 0 Å². The van der Waals surface area contributed by atoms with Crippen molar-refractivity contribution in [1.29, 1.82) is 0 Å². The van der Waals surface area contributed by atoms with E-state index in [2.05, 4.69) is 22.5 Å². The average molecular weight is 485 g/mol. The van der Waals surface area contributed by atoms with E-state index < -0.39 is 5.91 Å². The second kappa shape index (κ2) is 9.95. The summed E-state index contributed by atoms with van der Waals surface area (Å²) in [5.74, 6) is -0.691. The third-order valence-corrected chi connectivity index (χ3v) is 5.92. The minimum Gasteiger partial charge on any atom is -0.445 e. The van der Waals surface area contributed by atoms with E-state index in [1.165, 1.54) is 10.6 Å². The zero-order valence-corrected chi connectivity index (χ0v) is 20.7. The Bertz CT molecular complexity index is 1540. The summed E-state index contributed by atoms with van der Waals surface area (Å²) in [4.78, 5) is 37.3. The Morgan fingerprint density at radius 3 is 2.47 bits per heavy atom. The molecule has 0 radical (unpaired) electrons. The number of para-hydroxylation sites is 1. The second-order valence-corrected chi connectivity index (χ2v) is 8.52. The first-order valence-electron chi connectivity index (χ1n) is 11.6. The summed E-state index contributed by atoms with van der Waals surface area (Å²) in [6.45, 7) is 9.79. The molecule has 8 nitrogen and oxygen atoms in total. The van der Waals surface area contributed by atoms with Crippen molar-refractivity contribution >= 4 is 39.8 Å². The number of rotatable bonds is 7. The van der Waals surface area contributed by atoms with Gasteiger partial charge >= 0.3 is 0 Å². The van der Waals surface area contributed by atoms with Crippen LogP contribution in [-0.2, 0) is 11.8 Å². The number of pyridine rings is 1. The van der Waals surface area contributed by atoms with Crippen LogP contribution in [0.15, 0.2) is 70.5 Å². The number of carbonyl (C=O) groups is 2. The molecule has 184 valence electrons. The van der Waals surface area contributed by atoms with Gasteiger partial charge in [-0.05, 0) is 62.2 Å². The first-order chi connectivity index (χ1) is 17.2. The normalized spacial score (nSPS) is 10.8. The quantitative estimate of drug-likeness (QED) is 0.319. The number of furan rings is 1. The van der Waals surface area contributed by atoms with Gasteiger partial charge in [0.25, 0.3) is 11.5 Å². The summed E-state index contributed by atoms with van der Waals surface area (Å²) in [6.07, 6.45) is 2.90. The van der Waals surface area contributed by atoms with Crippen molar-refractivity contribution in [2.24, 2.45) is 7.05 Å². The van der Waals surface area contributed by atoms with Crippen molar-refractivity contribution in [3.05, 3.63) is 88.6 Å². The highest BCUT2D eigenvalue weighted by Gasteiger charge is 2.20. The zero-order valence-electron chi connectivity index (χ0n) is 20.7. The highest BCUT2D eigenvalue weighted by Crippen LogP contribution is 2.38. The number of aryl methyl sites for hydroxylation is 3. The van der Waals surface area contributed by atoms with E-state index in [0.29, 0.717) is 28.7 Å². The first kappa shape index (κ1) is 24.5. The molecule has 0 atom stereocenters. The summed E-state index contributed by atoms with van der Waals surface area (Å²) in [5.41, 5.74) is 5.49. The lowest BCUT2D eigenvalue weighted by molar-refractivity contribution is -0.111. The van der Waals surface area contributed by atoms with Crippen molar-refractivity contribution < 1.29 is 14.0 Å². The topological polar surface area (TPSA) is 105 Å². The molecule has 0 aliphatic rings. The third kappa shape index (κ3) is 4.65. The molecule has 0 aliphatic carbocycles. The van der Waals surface area contributed by atoms with E-state index in [9.17, 15) is 14.4 Å². The van der Waals surface area contributed by atoms with Crippen molar-refractivity contribution in [1.82, 2.24) is 9.88 Å². The molecular formula is C28H28N4O4. The highest BCUT2D eigenvalue weighted by atomic mass is 16.4. The molecule has 4 rings (SSSR count). The number of nitrogens with one attached hydrogen (secondary N) is 3. The third-order valence-electron chi connectivity index (χ3n) is 5.92. The van der Waals surface area contributed by atoms with E-state index in [0.717, 1.165) is 22.5 Å². The Morgan fingerprint density at radius 2 is 1.81 bits per heavy atom. The van der Waals surface area contributed by atoms with Gasteiger partial charge in [-0.1, -0.05) is 24.8 Å². The first-order valence-corrected chi connectivity index (χ1v) is 11.6. The Morgan fingerprint density at radius 1 is 1.08 bits per heavy atom. The Hall–Kier alpha value is -4.59. The maximum atomic E-state index is 12.9. The molecule has 0 bridgehead atoms. The van der Waals surface area contributed by atoms with Crippen LogP contribution in [0.5, 0.6) is 0 Å². The number of hydrogen-bond donors (Lipinski definition) is 3. The molecule has 2 aromatic carbocycles. The predicted octanol–water partition coefficient (Wildman–Crippen LogP) is 5.03. The van der Waals surface area contributed by atoms with Crippen LogP contribution < -0.4 is 21.5 Å². The lowest BCUT2D eigenvalue weighted by atomic mass is 10.00. The fraction of sp³-hybridized carbons (Fsp3) is 0.179. The number of amides is 2. The molecule has 0 saturated heterocycles. The van der Waals surface area contributed by atoms with Gasteiger partial charge in [-0.2, -0.15) is 0 Å². The summed E-state index contributed by atoms with van der Waals surface area (Å²) in [6, 6.07) is 13.1. The lowest BCUT2D eigenvalue weighted by Crippen LogP contribution is -2.22. The molecule has 2 amide bonds. The summed E-state index contributed by atoms with van der Waals surface area (Å²) in [7, 11) is 1.63. The molecule has 8 heteroatoms. The van der Waals surface area contributed by atoms with Gasteiger partial charge < -0.3 is 24.9 Å². The fourth-order valence-corrected chi connectivity index (χ4v) is 4.10. The Balaban J connectivity index is 1.97. The minimum atomic E-state index is -0.400. The van der Waals surface area contributed by atoms with E-state index in [4.69, 9.17) is 4.42 Å². The molecule has 0 aliphatic heterocycles. The molecule has 36 heavy (non-hydrogen) atoms. The molecule has 0 fully saturated rings. The largest absolute Gasteiger partial charge is 0.445 e. The maximum Gasteiger partial charge on any atom is 0.293 e. The van der Waals surface area contributed by atoms with Crippen LogP contribution in [0.4, 0.5) is 17.1 Å². The number of carbonyl (C=O) groups excluding carboxylic acids is 2. The molecule has 0 unspecified atom stereocenters. The smallest absolute Gasteiger partial charge is 0.293 e. The van der Waals surface area contributed by atoms with Gasteiger partial charge in [0.1, 0.15) is 0 Å². The summed E-state index contributed by atoms with van der Waals surface area (Å²) < 4.78 is 7.13. The standard InChI is InChI=1S/C28H28N4O4/c1-6-24(33)30-18-11-12-22(31-25-16(3)9-8-10-17(25)4)19(13-18)21-15-32(5)28(35)26-20(21)14-23(36-26)27(34)29-7-2/h6,8-15,31H,1,7H2,2-5H3,(H,29,34)(H,30,33). The zero-order chi connectivity index (χ0) is 26.0. The van der Waals surface area contributed by atoms with Gasteiger partial charge in [0.2, 0.25) is 11.5 Å². The van der Waals surface area contributed by atoms with E-state index in [1.54, 1.807) is 32.3 Å². The van der Waals surface area contributed by atoms with Crippen LogP contribution in [0.25, 0.3) is 22.1 Å². The molecule has 2 heterocycles. The molecule has 0 saturated carbocycles. The van der Waals surface area contributed by atoms with Gasteiger partial charge in [0, 0.05) is 53.4 Å². The van der Waals surface area contributed by atoms with Crippen molar-refractivity contribution in [3.63, 3.8) is 0 Å². The molecule has 2 aromatic heterocycles. The van der Waals surface area contributed by atoms with Crippen LogP contribution in [0.3, 0.4) is 0 Å². The summed E-state index contributed by atoms with van der Waals surface area (Å²) in [5, 5.41) is 9.50. The monoisotopic (exact) mass is 484 g/mol. The number of aromatic nitrogens is 1. The molecular weight excluding hydrogens is 456 g/mol. The average Bonchev–Trinajstić information content (AvgIpc) is 3.30. The van der Waals surface area contributed by atoms with Gasteiger partial charge in [-0.3, -0.25) is 14.4 Å². The van der Waals surface area contributed by atoms with Crippen LogP contribution in [0, 0.1) is 13.8 Å². The highest BCUT2D eigenvalue weighted by molar-refractivity contribution is 6.04. The number of fused-ring (bicyclic) bond motifs is 1. The number of nitrogens with zero attached hydrogens (tertiary/aromatic N) is 1. The van der Waals surface area contributed by atoms with Crippen molar-refractivity contribution in [2.75, 3.05) is 17.2 Å². The van der Waals surface area contributed by atoms with Crippen LogP contribution in [0.1, 0.15) is 28.6 Å². The fourth-order valence-electron chi connectivity index (χ4n) is 4.10. The number of anilines is 3. The molecule has 3 N–H and O–H groups in total. The van der Waals surface area contributed by atoms with Crippen LogP contribution >= 0.6 is 0 Å². The summed E-state index contributed by atoms with van der Waals surface area (Å²) >= 11 is 0. The predicted molar refractivity (Wildman–Crippen MR) is 143 cm³/mol. The van der Waals surface area contributed by atoms with Crippen LogP contribution in [-0.4, -0.2) is 22.9 Å². The van der Waals surface area contributed by atoms with Crippen molar-refractivity contribution in [2.45, 2.75) is 20.8 Å². The van der Waals surface area contributed by atoms with E-state index >= 15 is 0 Å². The van der Waals surface area contributed by atoms with Crippen molar-refractivity contribution in [3.8, 4) is 11.1 Å². The minimum absolute atomic E-state index is 0.0526. The molecule has 0 spiro atoms. The lowest BCUT2D eigenvalue weighted by Gasteiger charge is -2.18. The second-order valence-electron chi connectivity index (χ2n) is 8.52. The number of benzene rings is 2. The molecule has 4 aromatic rings. The maximum absolute atomic E-state index is 12.9.